The average molecular weight is 763 g/mol. The Morgan fingerprint density at radius 1 is 0.764 bits per heavy atom. The summed E-state index contributed by atoms with van der Waals surface area (Å²) < 4.78 is 52.7. The molecule has 2 N–H and O–H groups in total. The van der Waals surface area contributed by atoms with Crippen molar-refractivity contribution in [1.82, 2.24) is 9.55 Å². The van der Waals surface area contributed by atoms with E-state index < -0.39 is 72.0 Å². The van der Waals surface area contributed by atoms with E-state index in [0.717, 1.165) is 16.2 Å². The Morgan fingerprint density at radius 3 is 1.78 bits per heavy atom. The molecule has 2 saturated heterocycles. The second-order valence-corrected chi connectivity index (χ2v) is 12.4. The van der Waals surface area contributed by atoms with Gasteiger partial charge in [0.25, 0.3) is 12.0 Å². The molecule has 3 heterocycles. The molecular weight excluding hydrogens is 720 g/mol. The Morgan fingerprint density at radius 2 is 1.29 bits per heavy atom. The third-order valence-corrected chi connectivity index (χ3v) is 9.17. The molecule has 3 aromatic carbocycles. The minimum Gasteiger partial charge on any atom is -0.497 e. The number of hydrogen-bond acceptors (Lipinski definition) is 14. The molecule has 55 heavy (non-hydrogen) atoms. The third kappa shape index (κ3) is 8.19. The summed E-state index contributed by atoms with van der Waals surface area (Å²) in [6.45, 7) is 1.13. The van der Waals surface area contributed by atoms with Crippen molar-refractivity contribution in [2.45, 2.75) is 62.7 Å². The lowest BCUT2D eigenvalue weighted by molar-refractivity contribution is -0.281. The first kappa shape index (κ1) is 39.3. The SMILES string of the molecule is CCOC(=O)[C@H]1OC(O[C@@H]2[C@H](O)[C@@H](COC(c3ccccc3)(c3ccc(OC)cc3)c3ccc(OC)cc3)O[C@H]2n2ccc(=O)[nH]c2=O)O[C@@H]1C(=O)OCC. The number of aromatic amines is 1. The fraction of sp³-hybridized carbons (Fsp3) is 0.385. The van der Waals surface area contributed by atoms with Crippen LogP contribution in [-0.4, -0.2) is 97.6 Å². The molecule has 0 amide bonds. The standard InChI is InChI=1S/C39H42N2O14/c1-5-49-35(44)32-33(36(45)50-6-2)55-38(54-32)53-31-30(43)28(52-34(31)41-21-20-29(42)40-37(41)46)22-51-39(23-10-8-7-9-11-23,24-12-16-26(47-3)17-13-24)25-14-18-27(48-4)19-15-25/h7-21,28,30-34,38,43H,5-6,22H2,1-4H3,(H,40,42,46)/t28-,30-,31-,32+,33+,34-/m1/s1. The number of nitrogens with one attached hydrogen (secondary N) is 1. The van der Waals surface area contributed by atoms with Crippen molar-refractivity contribution < 1.29 is 57.3 Å². The maximum absolute atomic E-state index is 13.1. The van der Waals surface area contributed by atoms with Crippen LogP contribution in [0.25, 0.3) is 0 Å². The van der Waals surface area contributed by atoms with Crippen LogP contribution in [0.5, 0.6) is 11.5 Å². The van der Waals surface area contributed by atoms with Crippen molar-refractivity contribution in [3.05, 3.63) is 129 Å². The maximum atomic E-state index is 13.1. The summed E-state index contributed by atoms with van der Waals surface area (Å²) >= 11 is 0. The van der Waals surface area contributed by atoms with Gasteiger partial charge >= 0.3 is 17.6 Å². The zero-order valence-corrected chi connectivity index (χ0v) is 30.5. The number of esters is 2. The van der Waals surface area contributed by atoms with E-state index in [-0.39, 0.29) is 19.8 Å². The van der Waals surface area contributed by atoms with E-state index in [1.54, 1.807) is 52.3 Å². The second-order valence-electron chi connectivity index (χ2n) is 12.4. The Bertz CT molecular complexity index is 1940. The highest BCUT2D eigenvalue weighted by Gasteiger charge is 2.53. The van der Waals surface area contributed by atoms with E-state index in [9.17, 15) is 24.3 Å². The van der Waals surface area contributed by atoms with Gasteiger partial charge in [0.1, 0.15) is 35.4 Å². The van der Waals surface area contributed by atoms with Gasteiger partial charge in [0.05, 0.1) is 34.0 Å². The molecule has 1 aromatic heterocycles. The Balaban J connectivity index is 1.37. The van der Waals surface area contributed by atoms with Crippen molar-refractivity contribution in [2.24, 2.45) is 0 Å². The molecule has 0 saturated carbocycles. The van der Waals surface area contributed by atoms with E-state index in [1.165, 1.54) is 6.20 Å². The fourth-order valence-corrected chi connectivity index (χ4v) is 6.55. The molecule has 6 rings (SSSR count). The number of carbonyl (C=O) groups is 2. The van der Waals surface area contributed by atoms with Crippen molar-refractivity contribution in [2.75, 3.05) is 34.0 Å². The maximum Gasteiger partial charge on any atom is 0.338 e. The largest absolute Gasteiger partial charge is 0.497 e. The van der Waals surface area contributed by atoms with Gasteiger partial charge < -0.3 is 47.7 Å². The zero-order chi connectivity index (χ0) is 39.1. The topological polar surface area (TPSA) is 192 Å². The minimum absolute atomic E-state index is 0.00859. The number of hydrogen-bond donors (Lipinski definition) is 2. The number of aliphatic hydroxyl groups excluding tert-OH is 1. The molecular formula is C39H42N2O14. The summed E-state index contributed by atoms with van der Waals surface area (Å²) in [7, 11) is 3.13. The van der Waals surface area contributed by atoms with Gasteiger partial charge in [-0.05, 0) is 54.8 Å². The van der Waals surface area contributed by atoms with Crippen LogP contribution in [0.15, 0.2) is 101 Å². The molecule has 2 aliphatic heterocycles. The molecule has 292 valence electrons. The lowest BCUT2D eigenvalue weighted by Gasteiger charge is -2.37. The predicted molar refractivity (Wildman–Crippen MR) is 191 cm³/mol. The fourth-order valence-electron chi connectivity index (χ4n) is 6.55. The molecule has 0 aliphatic carbocycles. The van der Waals surface area contributed by atoms with Gasteiger partial charge in [0, 0.05) is 12.3 Å². The third-order valence-electron chi connectivity index (χ3n) is 9.17. The number of carbonyl (C=O) groups excluding carboxylic acids is 2. The highest BCUT2D eigenvalue weighted by Crippen LogP contribution is 2.43. The first-order valence-corrected chi connectivity index (χ1v) is 17.6. The van der Waals surface area contributed by atoms with Crippen molar-refractivity contribution in [3.8, 4) is 11.5 Å². The first-order valence-electron chi connectivity index (χ1n) is 17.6. The van der Waals surface area contributed by atoms with E-state index >= 15 is 0 Å². The second kappa shape index (κ2) is 17.4. The van der Waals surface area contributed by atoms with Crippen LogP contribution in [0.3, 0.4) is 0 Å². The van der Waals surface area contributed by atoms with Crippen molar-refractivity contribution in [1.29, 1.82) is 0 Å². The van der Waals surface area contributed by atoms with Crippen molar-refractivity contribution >= 4 is 11.9 Å². The van der Waals surface area contributed by atoms with Crippen LogP contribution in [0.1, 0.15) is 36.8 Å². The summed E-state index contributed by atoms with van der Waals surface area (Å²) in [6, 6.07) is 25.2. The zero-order valence-electron chi connectivity index (χ0n) is 30.5. The van der Waals surface area contributed by atoms with E-state index in [0.29, 0.717) is 22.6 Å². The quantitative estimate of drug-likeness (QED) is 0.133. The summed E-state index contributed by atoms with van der Waals surface area (Å²) in [4.78, 5) is 52.8. The highest BCUT2D eigenvalue weighted by molar-refractivity contribution is 5.86. The highest BCUT2D eigenvalue weighted by atomic mass is 16.9. The van der Waals surface area contributed by atoms with Gasteiger partial charge in [0.2, 0.25) is 0 Å². The summed E-state index contributed by atoms with van der Waals surface area (Å²) in [5.41, 5.74) is -0.675. The lowest BCUT2D eigenvalue weighted by Crippen LogP contribution is -2.42. The lowest BCUT2D eigenvalue weighted by atomic mass is 9.80. The number of rotatable bonds is 15. The first-order chi connectivity index (χ1) is 26.6. The molecule has 16 heteroatoms. The predicted octanol–water partition coefficient (Wildman–Crippen LogP) is 2.40. The van der Waals surface area contributed by atoms with Gasteiger partial charge in [-0.2, -0.15) is 0 Å². The van der Waals surface area contributed by atoms with E-state index in [4.69, 9.17) is 42.6 Å². The molecule has 4 aromatic rings. The molecule has 0 radical (unpaired) electrons. The van der Waals surface area contributed by atoms with E-state index in [2.05, 4.69) is 4.98 Å². The monoisotopic (exact) mass is 762 g/mol. The van der Waals surface area contributed by atoms with Crippen LogP contribution < -0.4 is 20.7 Å². The summed E-state index contributed by atoms with van der Waals surface area (Å²) in [5.74, 6) is -0.556. The van der Waals surface area contributed by atoms with Crippen LogP contribution >= 0.6 is 0 Å². The van der Waals surface area contributed by atoms with Crippen LogP contribution in [0.2, 0.25) is 0 Å². The van der Waals surface area contributed by atoms with Gasteiger partial charge in [0.15, 0.2) is 18.4 Å². The number of nitrogens with zero attached hydrogens (tertiary/aromatic N) is 1. The number of aliphatic hydroxyl groups is 1. The average Bonchev–Trinajstić information content (AvgIpc) is 3.77. The smallest absolute Gasteiger partial charge is 0.338 e. The summed E-state index contributed by atoms with van der Waals surface area (Å²) in [5, 5.41) is 11.9. The molecule has 2 aliphatic rings. The van der Waals surface area contributed by atoms with Gasteiger partial charge in [-0.25, -0.2) is 14.4 Å². The van der Waals surface area contributed by atoms with Crippen LogP contribution in [-0.2, 0) is 48.3 Å². The molecule has 6 atom stereocenters. The Kier molecular flexibility index (Phi) is 12.4. The van der Waals surface area contributed by atoms with Crippen LogP contribution in [0.4, 0.5) is 0 Å². The number of ether oxygens (including phenoxy) is 9. The van der Waals surface area contributed by atoms with Gasteiger partial charge in [-0.1, -0.05) is 54.6 Å². The van der Waals surface area contributed by atoms with Crippen LogP contribution in [0, 0.1) is 0 Å². The van der Waals surface area contributed by atoms with Gasteiger partial charge in [-0.3, -0.25) is 14.3 Å². The van der Waals surface area contributed by atoms with Gasteiger partial charge in [-0.15, -0.1) is 0 Å². The number of methoxy groups -OCH3 is 2. The minimum atomic E-state index is -1.73. The molecule has 0 bridgehead atoms. The van der Waals surface area contributed by atoms with Crippen molar-refractivity contribution in [3.63, 3.8) is 0 Å². The molecule has 0 spiro atoms. The number of aromatic nitrogens is 2. The number of benzene rings is 3. The normalized spacial score (nSPS) is 22.6. The Labute approximate surface area is 315 Å². The summed E-state index contributed by atoms with van der Waals surface area (Å²) in [6.07, 6.45) is -7.50. The Hall–Kier alpha value is -5.36. The molecule has 0 unspecified atom stereocenters. The molecule has 2 fully saturated rings. The molecule has 16 nitrogen and oxygen atoms in total. The number of H-pyrrole nitrogens is 1. The van der Waals surface area contributed by atoms with E-state index in [1.807, 2.05) is 54.6 Å².